The van der Waals surface area contributed by atoms with Crippen LogP contribution in [0, 0.1) is 0 Å². The van der Waals surface area contributed by atoms with Crippen LogP contribution in [0.1, 0.15) is 22.3 Å². The Kier molecular flexibility index (Phi) is 2.35. The summed E-state index contributed by atoms with van der Waals surface area (Å²) in [5.74, 6) is 0. The number of carbonyl (C=O) groups is 1. The van der Waals surface area contributed by atoms with E-state index in [2.05, 4.69) is 5.32 Å². The Morgan fingerprint density at radius 3 is 3.00 bits per heavy atom. The van der Waals surface area contributed by atoms with Crippen molar-refractivity contribution in [1.82, 2.24) is 5.32 Å². The average molecular weight is 191 g/mol. The van der Waals surface area contributed by atoms with Crippen LogP contribution in [0.5, 0.6) is 0 Å². The molecule has 1 aliphatic rings. The summed E-state index contributed by atoms with van der Waals surface area (Å²) in [5, 5.41) is 13.3. The maximum absolute atomic E-state index is 10.6. The third kappa shape index (κ3) is 1.56. The molecule has 2 rings (SSSR count). The van der Waals surface area contributed by atoms with Crippen LogP contribution in [0.25, 0.3) is 0 Å². The summed E-state index contributed by atoms with van der Waals surface area (Å²) in [7, 11) is 0. The fourth-order valence-electron chi connectivity index (χ4n) is 1.83. The van der Waals surface area contributed by atoms with E-state index in [4.69, 9.17) is 0 Å². The summed E-state index contributed by atoms with van der Waals surface area (Å²) in [6.07, 6.45) is 1.50. The maximum Gasteiger partial charge on any atom is 0.150 e. The van der Waals surface area contributed by atoms with E-state index >= 15 is 0 Å². The molecule has 74 valence electrons. The van der Waals surface area contributed by atoms with Crippen molar-refractivity contribution in [3.05, 3.63) is 35.4 Å². The second kappa shape index (κ2) is 3.52. The van der Waals surface area contributed by atoms with Gasteiger partial charge in [0.1, 0.15) is 11.9 Å². The second-order valence-electron chi connectivity index (χ2n) is 3.70. The number of aldehydes is 1. The summed E-state index contributed by atoms with van der Waals surface area (Å²) in [4.78, 5) is 10.6. The fraction of sp³-hybridized carbons (Fsp3) is 0.364. The summed E-state index contributed by atoms with van der Waals surface area (Å²) in [6.45, 7) is 1.39. The molecule has 0 aromatic heterocycles. The number of hydrogen-bond donors (Lipinski definition) is 2. The molecule has 1 aromatic rings. The fourth-order valence-corrected chi connectivity index (χ4v) is 1.83. The second-order valence-corrected chi connectivity index (χ2v) is 3.70. The lowest BCUT2D eigenvalue weighted by Gasteiger charge is -2.21. The zero-order valence-electron chi connectivity index (χ0n) is 7.86. The van der Waals surface area contributed by atoms with Crippen molar-refractivity contribution in [1.29, 1.82) is 0 Å². The van der Waals surface area contributed by atoms with Crippen molar-refractivity contribution in [2.75, 3.05) is 13.1 Å². The lowest BCUT2D eigenvalue weighted by Crippen LogP contribution is -2.28. The quantitative estimate of drug-likeness (QED) is 0.676. The van der Waals surface area contributed by atoms with Crippen LogP contribution in [0.15, 0.2) is 24.3 Å². The molecule has 2 N–H and O–H groups in total. The Balaban J connectivity index is 2.35. The Labute approximate surface area is 82.8 Å². The molecule has 14 heavy (non-hydrogen) atoms. The number of aliphatic hydroxyl groups is 1. The molecule has 1 aromatic carbocycles. The van der Waals surface area contributed by atoms with E-state index in [1.165, 1.54) is 0 Å². The smallest absolute Gasteiger partial charge is 0.150 e. The van der Waals surface area contributed by atoms with Gasteiger partial charge in [-0.2, -0.15) is 0 Å². The molecule has 1 heterocycles. The summed E-state index contributed by atoms with van der Waals surface area (Å²) < 4.78 is 0. The molecule has 1 fully saturated rings. The van der Waals surface area contributed by atoms with E-state index in [0.29, 0.717) is 18.5 Å². The molecule has 0 amide bonds. The maximum atomic E-state index is 10.6. The van der Waals surface area contributed by atoms with Gasteiger partial charge >= 0.3 is 0 Å². The molecule has 0 radical (unpaired) electrons. The average Bonchev–Trinajstić information content (AvgIpc) is 2.67. The highest BCUT2D eigenvalue weighted by Gasteiger charge is 2.32. The van der Waals surface area contributed by atoms with E-state index in [1.807, 2.05) is 6.07 Å². The molecule has 0 aliphatic carbocycles. The van der Waals surface area contributed by atoms with Gasteiger partial charge in [-0.15, -0.1) is 0 Å². The highest BCUT2D eigenvalue weighted by atomic mass is 16.3. The molecule has 0 saturated carbocycles. The zero-order chi connectivity index (χ0) is 10.0. The van der Waals surface area contributed by atoms with E-state index in [9.17, 15) is 9.90 Å². The minimum atomic E-state index is -0.793. The van der Waals surface area contributed by atoms with Gasteiger partial charge in [0.05, 0.1) is 0 Å². The van der Waals surface area contributed by atoms with Gasteiger partial charge in [0, 0.05) is 12.1 Å². The van der Waals surface area contributed by atoms with Gasteiger partial charge in [-0.25, -0.2) is 0 Å². The van der Waals surface area contributed by atoms with Crippen LogP contribution >= 0.6 is 0 Å². The lowest BCUT2D eigenvalue weighted by atomic mass is 9.92. The topological polar surface area (TPSA) is 49.3 Å². The van der Waals surface area contributed by atoms with Crippen LogP contribution < -0.4 is 5.32 Å². The number of hydrogen-bond acceptors (Lipinski definition) is 3. The number of carbonyl (C=O) groups excluding carboxylic acids is 1. The predicted octanol–water partition coefficient (Wildman–Crippen LogP) is 0.680. The van der Waals surface area contributed by atoms with Gasteiger partial charge in [-0.1, -0.05) is 18.2 Å². The van der Waals surface area contributed by atoms with Gasteiger partial charge in [-0.05, 0) is 24.6 Å². The van der Waals surface area contributed by atoms with Crippen molar-refractivity contribution in [3.8, 4) is 0 Å². The monoisotopic (exact) mass is 191 g/mol. The first-order valence-corrected chi connectivity index (χ1v) is 4.73. The number of rotatable bonds is 2. The highest BCUT2D eigenvalue weighted by molar-refractivity contribution is 5.75. The van der Waals surface area contributed by atoms with E-state index in [-0.39, 0.29) is 0 Å². The van der Waals surface area contributed by atoms with Crippen molar-refractivity contribution < 1.29 is 9.90 Å². The predicted molar refractivity (Wildman–Crippen MR) is 53.2 cm³/mol. The molecule has 1 aliphatic heterocycles. The van der Waals surface area contributed by atoms with Crippen LogP contribution in [0.3, 0.4) is 0 Å². The Hall–Kier alpha value is -1.19. The SMILES string of the molecule is O=Cc1cccc(C2(O)CCNC2)c1. The molecule has 3 heteroatoms. The highest BCUT2D eigenvalue weighted by Crippen LogP contribution is 2.27. The van der Waals surface area contributed by atoms with Gasteiger partial charge in [0.15, 0.2) is 0 Å². The van der Waals surface area contributed by atoms with Crippen LogP contribution in [-0.2, 0) is 5.60 Å². The summed E-state index contributed by atoms with van der Waals surface area (Å²) in [5.41, 5.74) is 0.647. The number of β-amino-alcohol motifs (C(OH)–C–C–N with tert-alkyl or cyclic N) is 1. The van der Waals surface area contributed by atoms with Gasteiger partial charge in [0.2, 0.25) is 0 Å². The van der Waals surface area contributed by atoms with E-state index in [0.717, 1.165) is 18.4 Å². The third-order valence-electron chi connectivity index (χ3n) is 2.69. The summed E-state index contributed by atoms with van der Waals surface area (Å²) in [6, 6.07) is 7.15. The first kappa shape index (κ1) is 9.37. The van der Waals surface area contributed by atoms with Crippen molar-refractivity contribution in [2.45, 2.75) is 12.0 Å². The van der Waals surface area contributed by atoms with Crippen LogP contribution in [0.4, 0.5) is 0 Å². The molecule has 1 unspecified atom stereocenters. The van der Waals surface area contributed by atoms with Gasteiger partial charge < -0.3 is 10.4 Å². The molecular formula is C11H13NO2. The third-order valence-corrected chi connectivity index (χ3v) is 2.69. The van der Waals surface area contributed by atoms with Crippen molar-refractivity contribution >= 4 is 6.29 Å². The largest absolute Gasteiger partial charge is 0.384 e. The number of benzene rings is 1. The molecule has 1 saturated heterocycles. The Morgan fingerprint density at radius 2 is 2.36 bits per heavy atom. The normalized spacial score (nSPS) is 26.4. The molecule has 1 atom stereocenters. The van der Waals surface area contributed by atoms with Crippen molar-refractivity contribution in [3.63, 3.8) is 0 Å². The Bertz CT molecular complexity index is 343. The van der Waals surface area contributed by atoms with E-state index in [1.54, 1.807) is 18.2 Å². The minimum Gasteiger partial charge on any atom is -0.384 e. The van der Waals surface area contributed by atoms with Gasteiger partial charge in [-0.3, -0.25) is 4.79 Å². The summed E-state index contributed by atoms with van der Waals surface area (Å²) >= 11 is 0. The first-order chi connectivity index (χ1) is 6.74. The molecule has 0 bridgehead atoms. The Morgan fingerprint density at radius 1 is 1.50 bits per heavy atom. The van der Waals surface area contributed by atoms with Crippen LogP contribution in [-0.4, -0.2) is 24.5 Å². The van der Waals surface area contributed by atoms with Gasteiger partial charge in [0.25, 0.3) is 0 Å². The van der Waals surface area contributed by atoms with E-state index < -0.39 is 5.60 Å². The minimum absolute atomic E-state index is 0.565. The standard InChI is InChI=1S/C11H13NO2/c13-7-9-2-1-3-10(6-9)11(14)4-5-12-8-11/h1-3,6-7,12,14H,4-5,8H2. The van der Waals surface area contributed by atoms with Crippen molar-refractivity contribution in [2.24, 2.45) is 0 Å². The number of nitrogens with one attached hydrogen (secondary N) is 1. The zero-order valence-corrected chi connectivity index (χ0v) is 7.86. The molecular weight excluding hydrogens is 178 g/mol. The first-order valence-electron chi connectivity index (χ1n) is 4.73. The lowest BCUT2D eigenvalue weighted by molar-refractivity contribution is 0.0587. The molecule has 0 spiro atoms. The van der Waals surface area contributed by atoms with Crippen LogP contribution in [0.2, 0.25) is 0 Å². The molecule has 3 nitrogen and oxygen atoms in total.